The van der Waals surface area contributed by atoms with Gasteiger partial charge in [-0.3, -0.25) is 9.69 Å². The van der Waals surface area contributed by atoms with Crippen LogP contribution < -0.4 is 15.2 Å². The van der Waals surface area contributed by atoms with Gasteiger partial charge in [-0.1, -0.05) is 0 Å². The van der Waals surface area contributed by atoms with E-state index in [1.807, 2.05) is 29.0 Å². The second-order valence-corrected chi connectivity index (χ2v) is 7.43. The molecular formula is C21H27N3O2. The molecule has 1 aromatic carbocycles. The predicted octanol–water partition coefficient (Wildman–Crippen LogP) is 2.59. The van der Waals surface area contributed by atoms with E-state index in [-0.39, 0.29) is 5.56 Å². The summed E-state index contributed by atoms with van der Waals surface area (Å²) in [5, 5.41) is 0. The summed E-state index contributed by atoms with van der Waals surface area (Å²) in [4.78, 5) is 17.1. The Kier molecular flexibility index (Phi) is 4.98. The monoisotopic (exact) mass is 353 g/mol. The molecule has 138 valence electrons. The lowest BCUT2D eigenvalue weighted by Crippen LogP contribution is -2.46. The number of ether oxygens (including phenoxy) is 1. The van der Waals surface area contributed by atoms with E-state index in [2.05, 4.69) is 28.0 Å². The highest BCUT2D eigenvalue weighted by molar-refractivity contribution is 5.49. The van der Waals surface area contributed by atoms with Crippen molar-refractivity contribution in [1.82, 2.24) is 9.47 Å². The van der Waals surface area contributed by atoms with E-state index < -0.39 is 0 Å². The first-order valence-corrected chi connectivity index (χ1v) is 9.52. The van der Waals surface area contributed by atoms with Crippen molar-refractivity contribution in [2.24, 2.45) is 5.92 Å². The van der Waals surface area contributed by atoms with Crippen LogP contribution in [0.2, 0.25) is 0 Å². The average molecular weight is 353 g/mol. The SMILES string of the molecule is COc1ccc(N2CCN(Cc3ccn(CC4CC4)c(=O)c3)CC2)cc1. The van der Waals surface area contributed by atoms with Crippen LogP contribution >= 0.6 is 0 Å². The van der Waals surface area contributed by atoms with Crippen molar-refractivity contribution in [2.45, 2.75) is 25.9 Å². The lowest BCUT2D eigenvalue weighted by Gasteiger charge is -2.36. The van der Waals surface area contributed by atoms with Crippen LogP contribution in [0.4, 0.5) is 5.69 Å². The van der Waals surface area contributed by atoms with E-state index in [1.54, 1.807) is 7.11 Å². The minimum Gasteiger partial charge on any atom is -0.497 e. The third kappa shape index (κ3) is 4.10. The van der Waals surface area contributed by atoms with Gasteiger partial charge in [0, 0.05) is 57.2 Å². The van der Waals surface area contributed by atoms with Gasteiger partial charge < -0.3 is 14.2 Å². The predicted molar refractivity (Wildman–Crippen MR) is 104 cm³/mol. The molecule has 1 aliphatic carbocycles. The normalized spacial score (nSPS) is 18.1. The summed E-state index contributed by atoms with van der Waals surface area (Å²) in [5.74, 6) is 1.62. The molecular weight excluding hydrogens is 326 g/mol. The maximum absolute atomic E-state index is 12.3. The molecule has 2 heterocycles. The van der Waals surface area contributed by atoms with Gasteiger partial charge in [0.05, 0.1) is 7.11 Å². The van der Waals surface area contributed by atoms with Gasteiger partial charge in [0.15, 0.2) is 0 Å². The van der Waals surface area contributed by atoms with Crippen LogP contribution in [0.1, 0.15) is 18.4 Å². The minimum absolute atomic E-state index is 0.145. The Morgan fingerprint density at radius 1 is 1.04 bits per heavy atom. The highest BCUT2D eigenvalue weighted by Gasteiger charge is 2.22. The molecule has 0 unspecified atom stereocenters. The maximum Gasteiger partial charge on any atom is 0.250 e. The number of piperazine rings is 1. The zero-order chi connectivity index (χ0) is 17.9. The minimum atomic E-state index is 0.145. The summed E-state index contributed by atoms with van der Waals surface area (Å²) in [5.41, 5.74) is 2.51. The number of benzene rings is 1. The lowest BCUT2D eigenvalue weighted by molar-refractivity contribution is 0.249. The second-order valence-electron chi connectivity index (χ2n) is 7.43. The Morgan fingerprint density at radius 3 is 2.38 bits per heavy atom. The Balaban J connectivity index is 1.31. The van der Waals surface area contributed by atoms with E-state index >= 15 is 0 Å². The van der Waals surface area contributed by atoms with Gasteiger partial charge in [-0.2, -0.15) is 0 Å². The van der Waals surface area contributed by atoms with E-state index in [9.17, 15) is 4.79 Å². The molecule has 1 aromatic heterocycles. The van der Waals surface area contributed by atoms with Crippen LogP contribution in [0.15, 0.2) is 47.4 Å². The molecule has 0 bridgehead atoms. The van der Waals surface area contributed by atoms with Crippen LogP contribution in [0, 0.1) is 5.92 Å². The molecule has 2 aromatic rings. The van der Waals surface area contributed by atoms with Gasteiger partial charge in [0.2, 0.25) is 0 Å². The van der Waals surface area contributed by atoms with Crippen molar-refractivity contribution >= 4 is 5.69 Å². The van der Waals surface area contributed by atoms with Gasteiger partial charge in [0.25, 0.3) is 5.56 Å². The maximum atomic E-state index is 12.3. The Labute approximate surface area is 154 Å². The highest BCUT2D eigenvalue weighted by atomic mass is 16.5. The smallest absolute Gasteiger partial charge is 0.250 e. The van der Waals surface area contributed by atoms with Gasteiger partial charge in [-0.25, -0.2) is 0 Å². The van der Waals surface area contributed by atoms with Crippen molar-refractivity contribution in [3.8, 4) is 5.75 Å². The van der Waals surface area contributed by atoms with E-state index in [4.69, 9.17) is 4.74 Å². The first-order chi connectivity index (χ1) is 12.7. The molecule has 0 atom stereocenters. The van der Waals surface area contributed by atoms with Gasteiger partial charge in [-0.15, -0.1) is 0 Å². The van der Waals surface area contributed by atoms with Crippen LogP contribution in [0.3, 0.4) is 0 Å². The van der Waals surface area contributed by atoms with E-state index in [0.29, 0.717) is 0 Å². The third-order valence-electron chi connectivity index (χ3n) is 5.43. The van der Waals surface area contributed by atoms with Crippen molar-refractivity contribution < 1.29 is 4.74 Å². The van der Waals surface area contributed by atoms with Crippen molar-refractivity contribution in [2.75, 3.05) is 38.2 Å². The Bertz CT molecular complexity index is 788. The van der Waals surface area contributed by atoms with Crippen LogP contribution in [0.5, 0.6) is 5.75 Å². The van der Waals surface area contributed by atoms with Crippen molar-refractivity contribution in [3.05, 3.63) is 58.5 Å². The third-order valence-corrected chi connectivity index (χ3v) is 5.43. The number of nitrogens with zero attached hydrogens (tertiary/aromatic N) is 3. The fourth-order valence-corrected chi connectivity index (χ4v) is 3.59. The zero-order valence-electron chi connectivity index (χ0n) is 15.4. The largest absolute Gasteiger partial charge is 0.497 e. The van der Waals surface area contributed by atoms with Crippen LogP contribution in [-0.4, -0.2) is 42.8 Å². The number of pyridine rings is 1. The lowest BCUT2D eigenvalue weighted by atomic mass is 10.2. The molecule has 1 saturated carbocycles. The molecule has 2 fully saturated rings. The number of hydrogen-bond acceptors (Lipinski definition) is 4. The number of aromatic nitrogens is 1. The standard InChI is InChI=1S/C21H27N3O2/c1-26-20-6-4-19(5-7-20)23-12-10-22(11-13-23)15-18-8-9-24(21(25)14-18)16-17-2-3-17/h4-9,14,17H,2-3,10-13,15-16H2,1H3. The molecule has 0 radical (unpaired) electrons. The van der Waals surface area contributed by atoms with Gasteiger partial charge in [0.1, 0.15) is 5.75 Å². The highest BCUT2D eigenvalue weighted by Crippen LogP contribution is 2.30. The fraction of sp³-hybridized carbons (Fsp3) is 0.476. The van der Waals surface area contributed by atoms with Gasteiger partial charge in [-0.05, 0) is 54.7 Å². The number of methoxy groups -OCH3 is 1. The first-order valence-electron chi connectivity index (χ1n) is 9.52. The molecule has 0 N–H and O–H groups in total. The first kappa shape index (κ1) is 17.2. The number of rotatable bonds is 6. The molecule has 2 aliphatic rings. The molecule has 5 nitrogen and oxygen atoms in total. The van der Waals surface area contributed by atoms with Gasteiger partial charge >= 0.3 is 0 Å². The fourth-order valence-electron chi connectivity index (χ4n) is 3.59. The molecule has 0 spiro atoms. The molecule has 5 heteroatoms. The van der Waals surface area contributed by atoms with E-state index in [1.165, 1.54) is 18.5 Å². The second kappa shape index (κ2) is 7.54. The summed E-state index contributed by atoms with van der Waals surface area (Å²) in [6, 6.07) is 12.2. The molecule has 0 amide bonds. The zero-order valence-corrected chi connectivity index (χ0v) is 15.4. The average Bonchev–Trinajstić information content (AvgIpc) is 3.49. The number of anilines is 1. The molecule has 4 rings (SSSR count). The van der Waals surface area contributed by atoms with Crippen LogP contribution in [0.25, 0.3) is 0 Å². The Hall–Kier alpha value is -2.27. The molecule has 26 heavy (non-hydrogen) atoms. The topological polar surface area (TPSA) is 37.7 Å². The molecule has 1 saturated heterocycles. The van der Waals surface area contributed by atoms with Crippen molar-refractivity contribution in [3.63, 3.8) is 0 Å². The summed E-state index contributed by atoms with van der Waals surface area (Å²) >= 11 is 0. The summed E-state index contributed by atoms with van der Waals surface area (Å²) in [6.07, 6.45) is 4.52. The summed E-state index contributed by atoms with van der Waals surface area (Å²) in [6.45, 7) is 5.78. The Morgan fingerprint density at radius 2 is 1.77 bits per heavy atom. The molecule has 1 aliphatic heterocycles. The van der Waals surface area contributed by atoms with Crippen LogP contribution in [-0.2, 0) is 13.1 Å². The van der Waals surface area contributed by atoms with Crippen molar-refractivity contribution in [1.29, 1.82) is 0 Å². The summed E-state index contributed by atoms with van der Waals surface area (Å²) in [7, 11) is 1.69. The quantitative estimate of drug-likeness (QED) is 0.800. The summed E-state index contributed by atoms with van der Waals surface area (Å²) < 4.78 is 7.09. The number of hydrogen-bond donors (Lipinski definition) is 0. The van der Waals surface area contributed by atoms with E-state index in [0.717, 1.165) is 56.5 Å².